The third-order valence-corrected chi connectivity index (χ3v) is 1.76. The molecule has 0 saturated heterocycles. The number of aliphatic hydroxyl groups excluding tert-OH is 1. The van der Waals surface area contributed by atoms with Crippen molar-refractivity contribution in [1.82, 2.24) is 0 Å². The van der Waals surface area contributed by atoms with Gasteiger partial charge in [0.2, 0.25) is 0 Å². The second-order valence-corrected chi connectivity index (χ2v) is 3.91. The van der Waals surface area contributed by atoms with Crippen LogP contribution in [0.4, 0.5) is 0 Å². The van der Waals surface area contributed by atoms with Crippen LogP contribution in [0.3, 0.4) is 0 Å². The van der Waals surface area contributed by atoms with E-state index in [-0.39, 0.29) is 17.4 Å². The Hall–Kier alpha value is -0.300. The normalized spacial score (nSPS) is 18.1. The molecule has 0 bridgehead atoms. The number of hydrogen-bond acceptors (Lipinski definition) is 1. The molecule has 0 aliphatic carbocycles. The van der Waals surface area contributed by atoms with E-state index in [4.69, 9.17) is 0 Å². The average molecular weight is 142 g/mol. The van der Waals surface area contributed by atoms with Crippen molar-refractivity contribution < 1.29 is 5.11 Å². The van der Waals surface area contributed by atoms with Gasteiger partial charge in [-0.05, 0) is 5.41 Å². The molecule has 1 N–H and O–H groups in total. The molecule has 0 saturated carbocycles. The predicted molar refractivity (Wildman–Crippen MR) is 44.8 cm³/mol. The summed E-state index contributed by atoms with van der Waals surface area (Å²) < 4.78 is 0. The van der Waals surface area contributed by atoms with Gasteiger partial charge in [-0.25, -0.2) is 0 Å². The molecular formula is C9H18O. The molecule has 0 aliphatic heterocycles. The van der Waals surface area contributed by atoms with Crippen molar-refractivity contribution in [2.45, 2.75) is 33.8 Å². The van der Waals surface area contributed by atoms with E-state index in [2.05, 4.69) is 6.58 Å². The Morgan fingerprint density at radius 3 is 1.90 bits per heavy atom. The summed E-state index contributed by atoms with van der Waals surface area (Å²) in [7, 11) is 0. The molecule has 1 unspecified atom stereocenters. The minimum Gasteiger partial charge on any atom is -0.392 e. The first-order chi connectivity index (χ1) is 4.39. The zero-order chi connectivity index (χ0) is 8.36. The average Bonchev–Trinajstić information content (AvgIpc) is 1.83. The summed E-state index contributed by atoms with van der Waals surface area (Å²) in [6.45, 7) is 11.7. The third kappa shape index (κ3) is 2.53. The van der Waals surface area contributed by atoms with Crippen molar-refractivity contribution in [1.29, 1.82) is 0 Å². The maximum absolute atomic E-state index is 9.58. The van der Waals surface area contributed by atoms with Crippen LogP contribution in [-0.2, 0) is 0 Å². The number of hydrogen-bond donors (Lipinski definition) is 1. The fourth-order valence-electron chi connectivity index (χ4n) is 0.918. The molecule has 0 spiro atoms. The summed E-state index contributed by atoms with van der Waals surface area (Å²) in [4.78, 5) is 0. The van der Waals surface area contributed by atoms with Gasteiger partial charge < -0.3 is 5.11 Å². The van der Waals surface area contributed by atoms with E-state index in [9.17, 15) is 5.11 Å². The van der Waals surface area contributed by atoms with E-state index in [0.717, 1.165) is 0 Å². The Balaban J connectivity index is 4.07. The molecule has 0 amide bonds. The van der Waals surface area contributed by atoms with Gasteiger partial charge in [0.25, 0.3) is 0 Å². The highest BCUT2D eigenvalue weighted by Crippen LogP contribution is 2.25. The summed E-state index contributed by atoms with van der Waals surface area (Å²) in [5, 5.41) is 9.58. The second kappa shape index (κ2) is 3.20. The lowest BCUT2D eigenvalue weighted by molar-refractivity contribution is 0.0339. The smallest absolute Gasteiger partial charge is 0.0648 e. The molecule has 0 radical (unpaired) electrons. The topological polar surface area (TPSA) is 20.2 Å². The number of rotatable bonds is 2. The standard InChI is InChI=1S/C9H18O/c1-6-7(2)8(10)9(3,4)5/h6-8,10H,1H2,2-5H3/t7?,8-/m0/s1. The first-order valence-electron chi connectivity index (χ1n) is 3.70. The molecule has 0 aromatic heterocycles. The van der Waals surface area contributed by atoms with Gasteiger partial charge in [0.05, 0.1) is 6.10 Å². The zero-order valence-corrected chi connectivity index (χ0v) is 7.39. The molecule has 2 atom stereocenters. The monoisotopic (exact) mass is 142 g/mol. The highest BCUT2D eigenvalue weighted by molar-refractivity contribution is 4.87. The Bertz CT molecular complexity index is 110. The maximum Gasteiger partial charge on any atom is 0.0648 e. The van der Waals surface area contributed by atoms with E-state index >= 15 is 0 Å². The van der Waals surface area contributed by atoms with Crippen LogP contribution in [0.1, 0.15) is 27.7 Å². The van der Waals surface area contributed by atoms with Gasteiger partial charge in [0.1, 0.15) is 0 Å². The second-order valence-electron chi connectivity index (χ2n) is 3.91. The van der Waals surface area contributed by atoms with Gasteiger partial charge in [-0.2, -0.15) is 0 Å². The first-order valence-corrected chi connectivity index (χ1v) is 3.70. The lowest BCUT2D eigenvalue weighted by Gasteiger charge is -2.29. The van der Waals surface area contributed by atoms with Crippen molar-refractivity contribution in [3.05, 3.63) is 12.7 Å². The van der Waals surface area contributed by atoms with Crippen molar-refractivity contribution in [3.8, 4) is 0 Å². The Labute approximate surface area is 63.8 Å². The highest BCUT2D eigenvalue weighted by atomic mass is 16.3. The molecule has 0 fully saturated rings. The molecule has 10 heavy (non-hydrogen) atoms. The summed E-state index contributed by atoms with van der Waals surface area (Å²) in [5.41, 5.74) is -0.0341. The van der Waals surface area contributed by atoms with Gasteiger partial charge >= 0.3 is 0 Å². The molecule has 0 aromatic rings. The van der Waals surface area contributed by atoms with E-state index < -0.39 is 0 Å². The molecule has 0 rings (SSSR count). The molecule has 1 nitrogen and oxygen atoms in total. The summed E-state index contributed by atoms with van der Waals surface area (Å²) >= 11 is 0. The lowest BCUT2D eigenvalue weighted by atomic mass is 9.82. The van der Waals surface area contributed by atoms with Crippen LogP contribution in [0.15, 0.2) is 12.7 Å². The van der Waals surface area contributed by atoms with Gasteiger partial charge in [-0.1, -0.05) is 33.8 Å². The minimum absolute atomic E-state index is 0.0341. The molecular weight excluding hydrogens is 124 g/mol. The van der Waals surface area contributed by atoms with Crippen molar-refractivity contribution in [2.75, 3.05) is 0 Å². The predicted octanol–water partition coefficient (Wildman–Crippen LogP) is 2.22. The zero-order valence-electron chi connectivity index (χ0n) is 7.39. The van der Waals surface area contributed by atoms with Gasteiger partial charge in [0.15, 0.2) is 0 Å². The fourth-order valence-corrected chi connectivity index (χ4v) is 0.918. The van der Waals surface area contributed by atoms with Crippen LogP contribution in [0.25, 0.3) is 0 Å². The van der Waals surface area contributed by atoms with Crippen LogP contribution >= 0.6 is 0 Å². The van der Waals surface area contributed by atoms with Crippen LogP contribution in [0.2, 0.25) is 0 Å². The van der Waals surface area contributed by atoms with Crippen LogP contribution in [0.5, 0.6) is 0 Å². The highest BCUT2D eigenvalue weighted by Gasteiger charge is 2.25. The largest absolute Gasteiger partial charge is 0.392 e. The van der Waals surface area contributed by atoms with Crippen LogP contribution in [0, 0.1) is 11.3 Å². The summed E-state index contributed by atoms with van der Waals surface area (Å²) in [6, 6.07) is 0. The van der Waals surface area contributed by atoms with Gasteiger partial charge in [-0.15, -0.1) is 6.58 Å². The van der Waals surface area contributed by atoms with Crippen molar-refractivity contribution in [3.63, 3.8) is 0 Å². The molecule has 0 heterocycles. The Kier molecular flexibility index (Phi) is 3.10. The molecule has 0 aliphatic rings. The molecule has 1 heteroatoms. The minimum atomic E-state index is -0.287. The lowest BCUT2D eigenvalue weighted by Crippen LogP contribution is -2.31. The first kappa shape index (κ1) is 9.70. The van der Waals surface area contributed by atoms with Crippen LogP contribution < -0.4 is 0 Å². The van der Waals surface area contributed by atoms with Gasteiger partial charge in [-0.3, -0.25) is 0 Å². The quantitative estimate of drug-likeness (QED) is 0.586. The van der Waals surface area contributed by atoms with Crippen molar-refractivity contribution in [2.24, 2.45) is 11.3 Å². The Morgan fingerprint density at radius 2 is 1.80 bits per heavy atom. The third-order valence-electron chi connectivity index (χ3n) is 1.76. The van der Waals surface area contributed by atoms with E-state index in [1.807, 2.05) is 27.7 Å². The van der Waals surface area contributed by atoms with E-state index in [1.54, 1.807) is 6.08 Å². The number of aliphatic hydroxyl groups is 1. The SMILES string of the molecule is C=CC(C)[C@H](O)C(C)(C)C. The maximum atomic E-state index is 9.58. The summed E-state index contributed by atoms with van der Waals surface area (Å²) in [6.07, 6.45) is 1.50. The van der Waals surface area contributed by atoms with E-state index in [0.29, 0.717) is 0 Å². The molecule has 60 valence electrons. The van der Waals surface area contributed by atoms with Crippen molar-refractivity contribution >= 4 is 0 Å². The van der Waals surface area contributed by atoms with Gasteiger partial charge in [0, 0.05) is 5.92 Å². The Morgan fingerprint density at radius 1 is 1.40 bits per heavy atom. The van der Waals surface area contributed by atoms with E-state index in [1.165, 1.54) is 0 Å². The van der Waals surface area contributed by atoms with Crippen LogP contribution in [-0.4, -0.2) is 11.2 Å². The fraction of sp³-hybridized carbons (Fsp3) is 0.778. The summed E-state index contributed by atoms with van der Waals surface area (Å²) in [5.74, 6) is 0.181. The molecule has 0 aromatic carbocycles.